The number of nitrogens with zero attached hydrogens (tertiary/aromatic N) is 3. The van der Waals surface area contributed by atoms with Crippen LogP contribution >= 0.6 is 0 Å². The van der Waals surface area contributed by atoms with E-state index in [-0.39, 0.29) is 12.7 Å². The first-order chi connectivity index (χ1) is 14.2. The lowest BCUT2D eigenvalue weighted by Gasteiger charge is -2.27. The summed E-state index contributed by atoms with van der Waals surface area (Å²) in [5.74, 6) is 0.441. The van der Waals surface area contributed by atoms with Gasteiger partial charge in [0.2, 0.25) is 0 Å². The maximum Gasteiger partial charge on any atom is 0.254 e. The Bertz CT molecular complexity index is 848. The van der Waals surface area contributed by atoms with Crippen molar-refractivity contribution in [2.45, 2.75) is 25.0 Å². The first-order valence-corrected chi connectivity index (χ1v) is 9.78. The number of benzene rings is 1. The molecule has 3 heterocycles. The van der Waals surface area contributed by atoms with E-state index in [1.54, 1.807) is 6.07 Å². The summed E-state index contributed by atoms with van der Waals surface area (Å²) in [5.41, 5.74) is 4.45. The van der Waals surface area contributed by atoms with Crippen LogP contribution in [0.25, 0.3) is 5.57 Å². The van der Waals surface area contributed by atoms with E-state index in [9.17, 15) is 5.11 Å². The number of β-amino-alcohol motifs (C(OH)–C–C–N with tert-alkyl or cyclic N) is 1. The third kappa shape index (κ3) is 5.03. The van der Waals surface area contributed by atoms with Crippen LogP contribution in [0.2, 0.25) is 0 Å². The fraction of sp³-hybridized carbons (Fsp3) is 0.429. The largest absolute Gasteiger partial charge is 0.471 e. The molecular weight excluding hydrogens is 374 g/mol. The molecule has 1 aromatic heterocycles. The molecule has 0 radical (unpaired) electrons. The molecule has 2 aliphatic rings. The van der Waals surface area contributed by atoms with Gasteiger partial charge in [0.1, 0.15) is 12.9 Å². The Morgan fingerprint density at radius 1 is 1.21 bits per heavy atom. The molecular formula is C21H25N3O5. The van der Waals surface area contributed by atoms with Crippen molar-refractivity contribution in [3.63, 3.8) is 0 Å². The molecule has 8 heteroatoms. The van der Waals surface area contributed by atoms with Gasteiger partial charge in [0, 0.05) is 32.1 Å². The van der Waals surface area contributed by atoms with E-state index in [2.05, 4.69) is 45.6 Å². The van der Waals surface area contributed by atoms with E-state index in [0.717, 1.165) is 30.8 Å². The number of hydrogen-bond donors (Lipinski definition) is 2. The van der Waals surface area contributed by atoms with Crippen LogP contribution in [0, 0.1) is 0 Å². The van der Waals surface area contributed by atoms with Crippen LogP contribution in [0.1, 0.15) is 24.0 Å². The van der Waals surface area contributed by atoms with Gasteiger partial charge in [-0.05, 0) is 28.3 Å². The SMILES string of the molecule is OC[C@@H](O)CN1CC=C(c2ccc(C3=NO[C@H](COc4ccon4)C3)cc2)CC1. The number of rotatable bonds is 8. The molecule has 0 unspecified atom stereocenters. The van der Waals surface area contributed by atoms with E-state index < -0.39 is 6.10 Å². The molecule has 2 aromatic rings. The quantitative estimate of drug-likeness (QED) is 0.697. The second-order valence-corrected chi connectivity index (χ2v) is 7.27. The highest BCUT2D eigenvalue weighted by Crippen LogP contribution is 2.24. The summed E-state index contributed by atoms with van der Waals surface area (Å²) in [7, 11) is 0. The van der Waals surface area contributed by atoms with Gasteiger partial charge in [-0.3, -0.25) is 4.90 Å². The fourth-order valence-corrected chi connectivity index (χ4v) is 3.51. The fourth-order valence-electron chi connectivity index (χ4n) is 3.51. The number of aromatic nitrogens is 1. The molecule has 2 atom stereocenters. The molecule has 0 amide bonds. The third-order valence-electron chi connectivity index (χ3n) is 5.13. The minimum atomic E-state index is -0.677. The smallest absolute Gasteiger partial charge is 0.254 e. The molecule has 2 N–H and O–H groups in total. The number of ether oxygens (including phenoxy) is 1. The van der Waals surface area contributed by atoms with Gasteiger partial charge in [0.15, 0.2) is 6.10 Å². The highest BCUT2D eigenvalue weighted by molar-refractivity contribution is 6.01. The lowest BCUT2D eigenvalue weighted by Crippen LogP contribution is -2.36. The van der Waals surface area contributed by atoms with Crippen molar-refractivity contribution in [1.82, 2.24) is 10.1 Å². The minimum Gasteiger partial charge on any atom is -0.471 e. The van der Waals surface area contributed by atoms with Crippen molar-refractivity contribution in [2.24, 2.45) is 5.16 Å². The zero-order valence-corrected chi connectivity index (χ0v) is 16.1. The molecule has 8 nitrogen and oxygen atoms in total. The predicted octanol–water partition coefficient (Wildman–Crippen LogP) is 1.69. The van der Waals surface area contributed by atoms with Gasteiger partial charge < -0.3 is 24.3 Å². The van der Waals surface area contributed by atoms with Gasteiger partial charge in [0.05, 0.1) is 18.4 Å². The topological polar surface area (TPSA) is 101 Å². The Labute approximate surface area is 169 Å². The van der Waals surface area contributed by atoms with E-state index in [0.29, 0.717) is 25.5 Å². The van der Waals surface area contributed by atoms with E-state index in [1.165, 1.54) is 17.4 Å². The van der Waals surface area contributed by atoms with Gasteiger partial charge in [-0.2, -0.15) is 0 Å². The molecule has 154 valence electrons. The molecule has 0 aliphatic carbocycles. The first kappa shape index (κ1) is 19.6. The van der Waals surface area contributed by atoms with Crippen molar-refractivity contribution in [2.75, 3.05) is 32.8 Å². The molecule has 0 saturated heterocycles. The summed E-state index contributed by atoms with van der Waals surface area (Å²) in [5, 5.41) is 26.5. The van der Waals surface area contributed by atoms with Crippen molar-refractivity contribution in [1.29, 1.82) is 0 Å². The maximum atomic E-state index is 9.58. The molecule has 0 fully saturated rings. The number of hydrogen-bond acceptors (Lipinski definition) is 8. The van der Waals surface area contributed by atoms with Crippen LogP contribution < -0.4 is 4.74 Å². The second kappa shape index (κ2) is 9.21. The summed E-state index contributed by atoms with van der Waals surface area (Å²) in [6.45, 7) is 2.32. The normalized spacial score (nSPS) is 20.7. The standard InChI is InChI=1S/C21H25N3O5/c25-13-18(26)12-24-8-5-16(6-9-24)15-1-3-17(4-2-15)20-11-19(29-22-20)14-27-21-7-10-28-23-21/h1-5,7,10,18-19,25-26H,6,8-9,11-14H2/t18-,19-/m0/s1. The molecule has 29 heavy (non-hydrogen) atoms. The number of oxime groups is 1. The van der Waals surface area contributed by atoms with Crippen molar-refractivity contribution < 1.29 is 24.3 Å². The van der Waals surface area contributed by atoms with Crippen LogP contribution in [0.4, 0.5) is 0 Å². The maximum absolute atomic E-state index is 9.58. The molecule has 4 rings (SSSR count). The van der Waals surface area contributed by atoms with Crippen LogP contribution in [-0.2, 0) is 4.84 Å². The Kier molecular flexibility index (Phi) is 6.24. The van der Waals surface area contributed by atoms with Gasteiger partial charge >= 0.3 is 0 Å². The van der Waals surface area contributed by atoms with Crippen LogP contribution in [0.15, 0.2) is 52.3 Å². The van der Waals surface area contributed by atoms with Crippen molar-refractivity contribution in [3.8, 4) is 5.88 Å². The van der Waals surface area contributed by atoms with Gasteiger partial charge in [-0.25, -0.2) is 0 Å². The Morgan fingerprint density at radius 3 is 2.72 bits per heavy atom. The lowest BCUT2D eigenvalue weighted by molar-refractivity contribution is 0.0446. The van der Waals surface area contributed by atoms with Crippen LogP contribution in [0.5, 0.6) is 5.88 Å². The van der Waals surface area contributed by atoms with Gasteiger partial charge in [0.25, 0.3) is 5.88 Å². The van der Waals surface area contributed by atoms with Crippen LogP contribution in [0.3, 0.4) is 0 Å². The average molecular weight is 399 g/mol. The van der Waals surface area contributed by atoms with Crippen molar-refractivity contribution >= 4 is 11.3 Å². The van der Waals surface area contributed by atoms with Gasteiger partial charge in [-0.1, -0.05) is 35.5 Å². The van der Waals surface area contributed by atoms with Gasteiger partial charge in [-0.15, -0.1) is 0 Å². The highest BCUT2D eigenvalue weighted by Gasteiger charge is 2.23. The number of aliphatic hydroxyl groups is 2. The summed E-state index contributed by atoms with van der Waals surface area (Å²) < 4.78 is 10.2. The summed E-state index contributed by atoms with van der Waals surface area (Å²) >= 11 is 0. The average Bonchev–Trinajstić information content (AvgIpc) is 3.45. The predicted molar refractivity (Wildman–Crippen MR) is 107 cm³/mol. The van der Waals surface area contributed by atoms with E-state index >= 15 is 0 Å². The minimum absolute atomic E-state index is 0.136. The summed E-state index contributed by atoms with van der Waals surface area (Å²) in [4.78, 5) is 7.61. The lowest BCUT2D eigenvalue weighted by atomic mass is 9.96. The van der Waals surface area contributed by atoms with E-state index in [1.807, 2.05) is 0 Å². The Hall–Kier alpha value is -2.68. The number of aliphatic hydroxyl groups excluding tert-OH is 2. The first-order valence-electron chi connectivity index (χ1n) is 9.78. The summed E-state index contributed by atoms with van der Waals surface area (Å²) in [6.07, 6.45) is 4.44. The monoisotopic (exact) mass is 399 g/mol. The molecule has 1 aromatic carbocycles. The summed E-state index contributed by atoms with van der Waals surface area (Å²) in [6, 6.07) is 10.0. The van der Waals surface area contributed by atoms with E-state index in [4.69, 9.17) is 19.2 Å². The highest BCUT2D eigenvalue weighted by atomic mass is 16.7. The Morgan fingerprint density at radius 2 is 2.03 bits per heavy atom. The molecule has 0 spiro atoms. The molecule has 0 bridgehead atoms. The molecule has 2 aliphatic heterocycles. The van der Waals surface area contributed by atoms with Crippen molar-refractivity contribution in [3.05, 3.63) is 53.8 Å². The zero-order chi connectivity index (χ0) is 20.1. The van der Waals surface area contributed by atoms with Crippen LogP contribution in [-0.4, -0.2) is 71.0 Å². The second-order valence-electron chi connectivity index (χ2n) is 7.27. The Balaban J connectivity index is 1.29. The molecule has 0 saturated carbocycles. The zero-order valence-electron chi connectivity index (χ0n) is 16.1. The third-order valence-corrected chi connectivity index (χ3v) is 5.13.